The summed E-state index contributed by atoms with van der Waals surface area (Å²) in [7, 11) is 1.71. The number of aliphatic hydroxyl groups excluding tert-OH is 1. The molecule has 1 unspecified atom stereocenters. The van der Waals surface area contributed by atoms with Crippen molar-refractivity contribution in [1.29, 1.82) is 0 Å². The van der Waals surface area contributed by atoms with Gasteiger partial charge in [-0.1, -0.05) is 30.3 Å². The number of nitrogens with zero attached hydrogens (tertiary/aromatic N) is 2. The van der Waals surface area contributed by atoms with Crippen LogP contribution in [0.3, 0.4) is 0 Å². The first-order valence-corrected chi connectivity index (χ1v) is 5.63. The predicted octanol–water partition coefficient (Wildman–Crippen LogP) is 1.31. The van der Waals surface area contributed by atoms with Crippen molar-refractivity contribution in [3.8, 4) is 0 Å². The first-order valence-electron chi connectivity index (χ1n) is 5.63. The fourth-order valence-corrected chi connectivity index (χ4v) is 1.78. The lowest BCUT2D eigenvalue weighted by atomic mass is 10.1. The van der Waals surface area contributed by atoms with Gasteiger partial charge in [-0.05, 0) is 12.0 Å². The summed E-state index contributed by atoms with van der Waals surface area (Å²) in [6.45, 7) is 0.524. The molecule has 0 radical (unpaired) electrons. The Bertz CT molecular complexity index is 528. The largest absolute Gasteiger partial charge is 0.388 e. The molecule has 0 aliphatic rings. The van der Waals surface area contributed by atoms with E-state index in [0.717, 1.165) is 5.56 Å². The molecule has 1 heterocycles. The van der Waals surface area contributed by atoms with Gasteiger partial charge in [0.05, 0.1) is 6.10 Å². The van der Waals surface area contributed by atoms with E-state index in [4.69, 9.17) is 0 Å². The van der Waals surface area contributed by atoms with Gasteiger partial charge in [0.15, 0.2) is 0 Å². The van der Waals surface area contributed by atoms with Crippen LogP contribution < -0.4 is 5.69 Å². The number of benzene rings is 1. The van der Waals surface area contributed by atoms with Gasteiger partial charge < -0.3 is 9.67 Å². The summed E-state index contributed by atoms with van der Waals surface area (Å²) in [5, 5.41) is 9.96. The van der Waals surface area contributed by atoms with Gasteiger partial charge in [-0.25, -0.2) is 4.79 Å². The number of aryl methyl sites for hydroxylation is 2. The SMILES string of the molecule is Cn1ccn(CCC(O)c2ccccc2)c1=O. The molecular weight excluding hydrogens is 216 g/mol. The Kier molecular flexibility index (Phi) is 3.44. The lowest BCUT2D eigenvalue weighted by molar-refractivity contribution is 0.160. The minimum atomic E-state index is -0.525. The molecule has 0 spiro atoms. The first-order chi connectivity index (χ1) is 8.18. The molecule has 4 heteroatoms. The maximum absolute atomic E-state index is 11.6. The molecule has 0 amide bonds. The van der Waals surface area contributed by atoms with Gasteiger partial charge in [0, 0.05) is 26.0 Å². The maximum atomic E-state index is 11.6. The summed E-state index contributed by atoms with van der Waals surface area (Å²) in [5.41, 5.74) is 0.835. The van der Waals surface area contributed by atoms with Crippen molar-refractivity contribution in [3.63, 3.8) is 0 Å². The number of aromatic nitrogens is 2. The van der Waals surface area contributed by atoms with Crippen LogP contribution in [-0.2, 0) is 13.6 Å². The number of aliphatic hydroxyl groups is 1. The van der Waals surface area contributed by atoms with Crippen LogP contribution in [0.25, 0.3) is 0 Å². The number of rotatable bonds is 4. The zero-order chi connectivity index (χ0) is 12.3. The molecule has 1 N–H and O–H groups in total. The molecule has 1 aromatic carbocycles. The van der Waals surface area contributed by atoms with Crippen LogP contribution in [0, 0.1) is 0 Å². The molecule has 0 fully saturated rings. The van der Waals surface area contributed by atoms with Crippen LogP contribution in [0.2, 0.25) is 0 Å². The monoisotopic (exact) mass is 232 g/mol. The summed E-state index contributed by atoms with van der Waals surface area (Å²) in [6, 6.07) is 9.48. The highest BCUT2D eigenvalue weighted by Crippen LogP contribution is 2.16. The quantitative estimate of drug-likeness (QED) is 0.864. The normalized spacial score (nSPS) is 12.6. The van der Waals surface area contributed by atoms with Gasteiger partial charge in [0.1, 0.15) is 0 Å². The molecule has 1 atom stereocenters. The van der Waals surface area contributed by atoms with E-state index >= 15 is 0 Å². The van der Waals surface area contributed by atoms with Crippen molar-refractivity contribution in [2.45, 2.75) is 19.1 Å². The Hall–Kier alpha value is -1.81. The van der Waals surface area contributed by atoms with Crippen molar-refractivity contribution in [2.24, 2.45) is 7.05 Å². The highest BCUT2D eigenvalue weighted by Gasteiger charge is 2.08. The van der Waals surface area contributed by atoms with Crippen molar-refractivity contribution >= 4 is 0 Å². The average molecular weight is 232 g/mol. The molecule has 4 nitrogen and oxygen atoms in total. The van der Waals surface area contributed by atoms with Crippen molar-refractivity contribution in [1.82, 2.24) is 9.13 Å². The van der Waals surface area contributed by atoms with Crippen LogP contribution in [0.4, 0.5) is 0 Å². The van der Waals surface area contributed by atoms with E-state index in [1.165, 1.54) is 4.57 Å². The van der Waals surface area contributed by atoms with Crippen LogP contribution in [0.5, 0.6) is 0 Å². The van der Waals surface area contributed by atoms with Crippen LogP contribution >= 0.6 is 0 Å². The molecule has 2 rings (SSSR count). The molecule has 0 saturated carbocycles. The second kappa shape index (κ2) is 5.01. The summed E-state index contributed by atoms with van der Waals surface area (Å²) in [5.74, 6) is 0. The Balaban J connectivity index is 1.99. The predicted molar refractivity (Wildman–Crippen MR) is 65.7 cm³/mol. The van der Waals surface area contributed by atoms with Crippen molar-refractivity contribution in [2.75, 3.05) is 0 Å². The minimum absolute atomic E-state index is 0.0507. The van der Waals surface area contributed by atoms with E-state index in [1.807, 2.05) is 30.3 Å². The molecule has 17 heavy (non-hydrogen) atoms. The lowest BCUT2D eigenvalue weighted by Crippen LogP contribution is -2.22. The van der Waals surface area contributed by atoms with Crippen LogP contribution in [-0.4, -0.2) is 14.2 Å². The Morgan fingerprint density at radius 1 is 1.24 bits per heavy atom. The number of hydrogen-bond acceptors (Lipinski definition) is 2. The molecule has 0 aliphatic heterocycles. The molecule has 0 bridgehead atoms. The van der Waals surface area contributed by atoms with Gasteiger partial charge in [-0.3, -0.25) is 4.57 Å². The second-order valence-corrected chi connectivity index (χ2v) is 4.10. The maximum Gasteiger partial charge on any atom is 0.327 e. The van der Waals surface area contributed by atoms with E-state index in [-0.39, 0.29) is 5.69 Å². The zero-order valence-corrected chi connectivity index (χ0v) is 9.78. The number of hydrogen-bond donors (Lipinski definition) is 1. The molecule has 0 saturated heterocycles. The Morgan fingerprint density at radius 3 is 2.53 bits per heavy atom. The van der Waals surface area contributed by atoms with E-state index in [2.05, 4.69) is 0 Å². The highest BCUT2D eigenvalue weighted by molar-refractivity contribution is 5.17. The zero-order valence-electron chi connectivity index (χ0n) is 9.78. The standard InChI is InChI=1S/C13H16N2O2/c1-14-9-10-15(13(14)17)8-7-12(16)11-5-3-2-4-6-11/h2-6,9-10,12,16H,7-8H2,1H3. The number of imidazole rings is 1. The highest BCUT2D eigenvalue weighted by atomic mass is 16.3. The summed E-state index contributed by atoms with van der Waals surface area (Å²) in [6.07, 6.45) is 3.47. The van der Waals surface area contributed by atoms with Gasteiger partial charge in [0.2, 0.25) is 0 Å². The van der Waals surface area contributed by atoms with Crippen molar-refractivity contribution < 1.29 is 5.11 Å². The van der Waals surface area contributed by atoms with Gasteiger partial charge in [-0.15, -0.1) is 0 Å². The fourth-order valence-electron chi connectivity index (χ4n) is 1.78. The summed E-state index contributed by atoms with van der Waals surface area (Å²) < 4.78 is 3.13. The summed E-state index contributed by atoms with van der Waals surface area (Å²) >= 11 is 0. The third kappa shape index (κ3) is 2.65. The minimum Gasteiger partial charge on any atom is -0.388 e. The van der Waals surface area contributed by atoms with Gasteiger partial charge in [0.25, 0.3) is 0 Å². The fraction of sp³-hybridized carbons (Fsp3) is 0.308. The van der Waals surface area contributed by atoms with E-state index in [9.17, 15) is 9.90 Å². The topological polar surface area (TPSA) is 47.2 Å². The first kappa shape index (κ1) is 11.7. The van der Waals surface area contributed by atoms with E-state index < -0.39 is 6.10 Å². The Labute approximate surface area is 99.8 Å². The van der Waals surface area contributed by atoms with Gasteiger partial charge in [-0.2, -0.15) is 0 Å². The van der Waals surface area contributed by atoms with E-state index in [0.29, 0.717) is 13.0 Å². The molecule has 1 aromatic heterocycles. The lowest BCUT2D eigenvalue weighted by Gasteiger charge is -2.10. The smallest absolute Gasteiger partial charge is 0.327 e. The van der Waals surface area contributed by atoms with Crippen LogP contribution in [0.1, 0.15) is 18.1 Å². The molecule has 0 aliphatic carbocycles. The van der Waals surface area contributed by atoms with Crippen molar-refractivity contribution in [3.05, 3.63) is 58.8 Å². The average Bonchev–Trinajstić information content (AvgIpc) is 2.68. The molecular formula is C13H16N2O2. The third-order valence-corrected chi connectivity index (χ3v) is 2.85. The van der Waals surface area contributed by atoms with E-state index in [1.54, 1.807) is 24.0 Å². The van der Waals surface area contributed by atoms with Crippen LogP contribution in [0.15, 0.2) is 47.5 Å². The summed E-state index contributed by atoms with van der Waals surface area (Å²) in [4.78, 5) is 11.6. The molecule has 2 aromatic rings. The van der Waals surface area contributed by atoms with Gasteiger partial charge >= 0.3 is 5.69 Å². The second-order valence-electron chi connectivity index (χ2n) is 4.10. The Morgan fingerprint density at radius 2 is 1.94 bits per heavy atom. The third-order valence-electron chi connectivity index (χ3n) is 2.85. The molecule has 90 valence electrons.